The van der Waals surface area contributed by atoms with Crippen molar-refractivity contribution in [3.63, 3.8) is 0 Å². The van der Waals surface area contributed by atoms with Gasteiger partial charge in [-0.2, -0.15) is 5.10 Å². The van der Waals surface area contributed by atoms with E-state index in [1.807, 2.05) is 36.6 Å². The van der Waals surface area contributed by atoms with Gasteiger partial charge in [-0.3, -0.25) is 9.69 Å². The van der Waals surface area contributed by atoms with Crippen LogP contribution in [0.1, 0.15) is 30.0 Å². The second kappa shape index (κ2) is 8.79. The quantitative estimate of drug-likeness (QED) is 0.813. The molecule has 1 atom stereocenters. The normalized spacial score (nSPS) is 20.0. The second-order valence-electron chi connectivity index (χ2n) is 7.10. The number of nitrogens with one attached hydrogen (secondary N) is 1. The van der Waals surface area contributed by atoms with Gasteiger partial charge in [0.05, 0.1) is 23.4 Å². The zero-order valence-corrected chi connectivity index (χ0v) is 17.2. The Morgan fingerprint density at radius 2 is 2.07 bits per heavy atom. The molecule has 2 aromatic heterocycles. The van der Waals surface area contributed by atoms with E-state index < -0.39 is 0 Å². The van der Waals surface area contributed by atoms with E-state index in [2.05, 4.69) is 15.3 Å². The smallest absolute Gasteiger partial charge is 0.317 e. The Labute approximate surface area is 173 Å². The minimum Gasteiger partial charge on any atom is -0.467 e. The maximum atomic E-state index is 13.1. The van der Waals surface area contributed by atoms with Gasteiger partial charge in [0.1, 0.15) is 11.8 Å². The van der Waals surface area contributed by atoms with E-state index in [0.717, 1.165) is 16.3 Å². The molecule has 29 heavy (non-hydrogen) atoms. The van der Waals surface area contributed by atoms with Gasteiger partial charge in [-0.1, -0.05) is 6.07 Å². The largest absolute Gasteiger partial charge is 0.467 e. The van der Waals surface area contributed by atoms with E-state index in [4.69, 9.17) is 4.42 Å². The zero-order valence-electron chi connectivity index (χ0n) is 16.4. The number of piperazine rings is 1. The van der Waals surface area contributed by atoms with Crippen LogP contribution in [0.4, 0.5) is 4.79 Å². The molecule has 2 aliphatic rings. The number of carbonyl (C=O) groups excluding carboxylic acids is 2. The van der Waals surface area contributed by atoms with Crippen molar-refractivity contribution in [1.82, 2.24) is 20.1 Å². The minimum absolute atomic E-state index is 0.0407. The number of urea groups is 1. The van der Waals surface area contributed by atoms with Crippen molar-refractivity contribution in [2.45, 2.75) is 19.4 Å². The molecule has 4 heterocycles. The molecule has 1 unspecified atom stereocenters. The first kappa shape index (κ1) is 19.7. The molecule has 1 N–H and O–H groups in total. The summed E-state index contributed by atoms with van der Waals surface area (Å²) in [5.74, 6) is 0.694. The molecule has 0 spiro atoms. The van der Waals surface area contributed by atoms with Crippen molar-refractivity contribution in [2.24, 2.45) is 5.10 Å². The number of amides is 3. The summed E-state index contributed by atoms with van der Waals surface area (Å²) in [7, 11) is 0. The van der Waals surface area contributed by atoms with Gasteiger partial charge in [0.25, 0.3) is 5.91 Å². The Morgan fingerprint density at radius 3 is 2.72 bits per heavy atom. The van der Waals surface area contributed by atoms with Crippen LogP contribution in [0.25, 0.3) is 0 Å². The van der Waals surface area contributed by atoms with Crippen LogP contribution in [-0.4, -0.2) is 71.7 Å². The third kappa shape index (κ3) is 4.35. The monoisotopic (exact) mass is 415 g/mol. The Bertz CT molecular complexity index is 857. The summed E-state index contributed by atoms with van der Waals surface area (Å²) < 4.78 is 5.59. The lowest BCUT2D eigenvalue weighted by Crippen LogP contribution is -2.53. The van der Waals surface area contributed by atoms with Crippen molar-refractivity contribution < 1.29 is 14.0 Å². The summed E-state index contributed by atoms with van der Waals surface area (Å²) in [5.41, 5.74) is 0.913. The average molecular weight is 416 g/mol. The predicted molar refractivity (Wildman–Crippen MR) is 111 cm³/mol. The topological polar surface area (TPSA) is 81.4 Å². The molecule has 0 aliphatic carbocycles. The number of hydrogen-bond acceptors (Lipinski definition) is 6. The number of carbonyl (C=O) groups is 2. The van der Waals surface area contributed by atoms with E-state index >= 15 is 0 Å². The van der Waals surface area contributed by atoms with Gasteiger partial charge >= 0.3 is 6.03 Å². The second-order valence-corrected chi connectivity index (χ2v) is 8.04. The van der Waals surface area contributed by atoms with Gasteiger partial charge in [-0.15, -0.1) is 11.3 Å². The zero-order chi connectivity index (χ0) is 20.2. The molecule has 0 bridgehead atoms. The van der Waals surface area contributed by atoms with E-state index in [1.165, 1.54) is 0 Å². The first-order chi connectivity index (χ1) is 14.2. The Balaban J connectivity index is 1.41. The molecule has 3 amide bonds. The minimum atomic E-state index is -0.216. The lowest BCUT2D eigenvalue weighted by molar-refractivity contribution is -0.134. The van der Waals surface area contributed by atoms with Gasteiger partial charge in [0, 0.05) is 39.1 Å². The molecule has 2 aliphatic heterocycles. The summed E-state index contributed by atoms with van der Waals surface area (Å²) in [6, 6.07) is 7.48. The lowest BCUT2D eigenvalue weighted by Gasteiger charge is -2.34. The molecule has 4 rings (SSSR count). The van der Waals surface area contributed by atoms with Crippen LogP contribution in [0.3, 0.4) is 0 Å². The predicted octanol–water partition coefficient (Wildman–Crippen LogP) is 2.37. The van der Waals surface area contributed by atoms with E-state index in [9.17, 15) is 9.59 Å². The lowest BCUT2D eigenvalue weighted by atomic mass is 10.1. The third-order valence-electron chi connectivity index (χ3n) is 5.19. The summed E-state index contributed by atoms with van der Waals surface area (Å²) in [4.78, 5) is 30.0. The molecule has 0 aromatic carbocycles. The van der Waals surface area contributed by atoms with E-state index in [1.54, 1.807) is 27.5 Å². The number of furan rings is 1. The van der Waals surface area contributed by atoms with Gasteiger partial charge in [-0.25, -0.2) is 9.80 Å². The van der Waals surface area contributed by atoms with Crippen LogP contribution in [-0.2, 0) is 4.79 Å². The van der Waals surface area contributed by atoms with Crippen molar-refractivity contribution in [2.75, 3.05) is 39.3 Å². The highest BCUT2D eigenvalue weighted by atomic mass is 32.1. The number of nitrogens with zero attached hydrogens (tertiary/aromatic N) is 4. The molecule has 1 fully saturated rings. The highest BCUT2D eigenvalue weighted by molar-refractivity contribution is 7.12. The fourth-order valence-electron chi connectivity index (χ4n) is 3.67. The number of thiophene rings is 1. The summed E-state index contributed by atoms with van der Waals surface area (Å²) in [5, 5.41) is 11.1. The molecular weight excluding hydrogens is 390 g/mol. The van der Waals surface area contributed by atoms with E-state index in [0.29, 0.717) is 39.1 Å². The molecule has 2 aromatic rings. The summed E-state index contributed by atoms with van der Waals surface area (Å²) >= 11 is 1.62. The van der Waals surface area contributed by atoms with Crippen molar-refractivity contribution in [3.8, 4) is 0 Å². The van der Waals surface area contributed by atoms with Gasteiger partial charge in [-0.05, 0) is 30.5 Å². The highest BCUT2D eigenvalue weighted by Crippen LogP contribution is 2.34. The van der Waals surface area contributed by atoms with Crippen LogP contribution in [0.5, 0.6) is 0 Å². The first-order valence-electron chi connectivity index (χ1n) is 9.87. The Hall–Kier alpha value is -2.65. The van der Waals surface area contributed by atoms with Crippen molar-refractivity contribution in [1.29, 1.82) is 0 Å². The average Bonchev–Trinajstić information content (AvgIpc) is 3.49. The Morgan fingerprint density at radius 1 is 1.24 bits per heavy atom. The highest BCUT2D eigenvalue weighted by Gasteiger charge is 2.36. The maximum absolute atomic E-state index is 13.1. The van der Waals surface area contributed by atoms with Gasteiger partial charge in [0.2, 0.25) is 0 Å². The molecule has 1 saturated heterocycles. The standard InChI is InChI=1S/C20H25N5O3S/c1-2-21-20(27)24-9-7-23(8-10-24)14-19(26)25-16(17-5-3-11-28-17)13-15(22-25)18-6-4-12-29-18/h3-6,11-12,16H,2,7-10,13-14H2,1H3,(H,21,27). The number of rotatable bonds is 5. The van der Waals surface area contributed by atoms with Crippen molar-refractivity contribution in [3.05, 3.63) is 46.5 Å². The third-order valence-corrected chi connectivity index (χ3v) is 6.11. The fraction of sp³-hybridized carbons (Fsp3) is 0.450. The summed E-state index contributed by atoms with van der Waals surface area (Å²) in [6.45, 7) is 5.37. The number of hydrazone groups is 1. The van der Waals surface area contributed by atoms with Gasteiger partial charge < -0.3 is 14.6 Å². The SMILES string of the molecule is CCNC(=O)N1CCN(CC(=O)N2N=C(c3cccs3)CC2c2ccco2)CC1. The molecule has 0 radical (unpaired) electrons. The Kier molecular flexibility index (Phi) is 5.96. The molecule has 9 heteroatoms. The maximum Gasteiger partial charge on any atom is 0.317 e. The van der Waals surface area contributed by atoms with E-state index in [-0.39, 0.29) is 24.5 Å². The molecule has 8 nitrogen and oxygen atoms in total. The first-order valence-corrected chi connectivity index (χ1v) is 10.8. The summed E-state index contributed by atoms with van der Waals surface area (Å²) in [6.07, 6.45) is 2.27. The van der Waals surface area contributed by atoms with Crippen LogP contribution >= 0.6 is 11.3 Å². The van der Waals surface area contributed by atoms with Crippen molar-refractivity contribution >= 4 is 29.0 Å². The van der Waals surface area contributed by atoms with Crippen LogP contribution < -0.4 is 5.32 Å². The number of hydrogen-bond donors (Lipinski definition) is 1. The molecular formula is C20H25N5O3S. The fourth-order valence-corrected chi connectivity index (χ4v) is 4.39. The molecule has 154 valence electrons. The van der Waals surface area contributed by atoms with Crippen LogP contribution in [0, 0.1) is 0 Å². The van der Waals surface area contributed by atoms with Gasteiger partial charge in [0.15, 0.2) is 0 Å². The van der Waals surface area contributed by atoms with Crippen LogP contribution in [0.2, 0.25) is 0 Å². The molecule has 0 saturated carbocycles. The van der Waals surface area contributed by atoms with Crippen LogP contribution in [0.15, 0.2) is 45.4 Å².